The molecular formula is C28H32N3O4+. The van der Waals surface area contributed by atoms with Crippen LogP contribution in [0.5, 0.6) is 0 Å². The van der Waals surface area contributed by atoms with E-state index in [-0.39, 0.29) is 5.56 Å². The molecule has 1 aliphatic carbocycles. The molecule has 3 aromatic rings. The molecule has 0 bridgehead atoms. The molecular weight excluding hydrogens is 442 g/mol. The molecule has 0 unspecified atom stereocenters. The van der Waals surface area contributed by atoms with E-state index in [4.69, 9.17) is 9.15 Å². The Balaban J connectivity index is 1.31. The van der Waals surface area contributed by atoms with Gasteiger partial charge in [0.15, 0.2) is 12.8 Å². The molecule has 2 fully saturated rings. The summed E-state index contributed by atoms with van der Waals surface area (Å²) in [5, 5.41) is 3.55. The van der Waals surface area contributed by atoms with Crippen molar-refractivity contribution in [2.24, 2.45) is 0 Å². The number of carbonyl (C=O) groups excluding carboxylic acids is 1. The number of hydrogen-bond donors (Lipinski definition) is 1. The molecule has 7 heteroatoms. The molecule has 2 aliphatic rings. The van der Waals surface area contributed by atoms with Gasteiger partial charge in [-0.05, 0) is 61.7 Å². The van der Waals surface area contributed by atoms with Crippen molar-refractivity contribution in [2.75, 3.05) is 43.1 Å². The first-order valence-corrected chi connectivity index (χ1v) is 12.5. The predicted molar refractivity (Wildman–Crippen MR) is 138 cm³/mol. The predicted octanol–water partition coefficient (Wildman–Crippen LogP) is 4.28. The lowest BCUT2D eigenvalue weighted by atomic mass is 10.1. The van der Waals surface area contributed by atoms with E-state index in [1.165, 1.54) is 12.8 Å². The van der Waals surface area contributed by atoms with Crippen LogP contribution in [0.3, 0.4) is 0 Å². The lowest BCUT2D eigenvalue weighted by molar-refractivity contribution is -0.520. The van der Waals surface area contributed by atoms with Crippen LogP contribution in [0.15, 0.2) is 57.7 Å². The van der Waals surface area contributed by atoms with Gasteiger partial charge in [0.2, 0.25) is 0 Å². The number of nitrogens with zero attached hydrogens (tertiary/aromatic N) is 2. The molecule has 1 amide bonds. The van der Waals surface area contributed by atoms with Gasteiger partial charge in [0.05, 0.1) is 6.61 Å². The van der Waals surface area contributed by atoms with Crippen LogP contribution in [0.4, 0.5) is 11.4 Å². The van der Waals surface area contributed by atoms with Gasteiger partial charge in [0.25, 0.3) is 5.91 Å². The number of fused-ring (bicyclic) bond motifs is 1. The summed E-state index contributed by atoms with van der Waals surface area (Å²) in [4.78, 5) is 27.9. The van der Waals surface area contributed by atoms with Gasteiger partial charge in [-0.15, -0.1) is 0 Å². The second kappa shape index (κ2) is 10.4. The number of ether oxygens (including phenoxy) is 1. The molecule has 5 rings (SSSR count). The maximum absolute atomic E-state index is 12.9. The molecule has 2 aromatic carbocycles. The monoisotopic (exact) mass is 474 g/mol. The largest absolute Gasteiger partial charge is 0.422 e. The third kappa shape index (κ3) is 5.62. The van der Waals surface area contributed by atoms with E-state index in [2.05, 4.69) is 27.9 Å². The molecule has 1 aromatic heterocycles. The normalized spacial score (nSPS) is 17.3. The van der Waals surface area contributed by atoms with Crippen molar-refractivity contribution in [3.8, 4) is 0 Å². The van der Waals surface area contributed by atoms with Crippen molar-refractivity contribution in [1.82, 2.24) is 0 Å². The number of hydrogen-bond acceptors (Lipinski definition) is 5. The molecule has 35 heavy (non-hydrogen) atoms. The van der Waals surface area contributed by atoms with Gasteiger partial charge in [-0.2, -0.15) is 0 Å². The van der Waals surface area contributed by atoms with E-state index in [9.17, 15) is 9.59 Å². The fourth-order valence-electron chi connectivity index (χ4n) is 4.54. The van der Waals surface area contributed by atoms with Crippen molar-refractivity contribution in [2.45, 2.75) is 38.6 Å². The molecule has 2 heterocycles. The summed E-state index contributed by atoms with van der Waals surface area (Å²) in [7, 11) is 0. The Kier molecular flexibility index (Phi) is 6.95. The average Bonchev–Trinajstić information content (AvgIpc) is 3.71. The minimum Gasteiger partial charge on any atom is -0.422 e. The van der Waals surface area contributed by atoms with Gasteiger partial charge in [0.1, 0.15) is 24.3 Å². The van der Waals surface area contributed by atoms with Gasteiger partial charge in [-0.1, -0.05) is 6.92 Å². The highest BCUT2D eigenvalue weighted by Crippen LogP contribution is 2.33. The summed E-state index contributed by atoms with van der Waals surface area (Å²) >= 11 is 0. The molecule has 0 spiro atoms. The zero-order valence-corrected chi connectivity index (χ0v) is 20.2. The first kappa shape index (κ1) is 23.3. The van der Waals surface area contributed by atoms with E-state index >= 15 is 0 Å². The molecule has 0 radical (unpaired) electrons. The SMILES string of the molecule is CCCN(c1ccc2cc(C(=O)Nc3ccc(C=[N+]4CCCOCC4)cc3)c(=O)oc2c1)C1CC1. The molecule has 1 saturated carbocycles. The topological polar surface area (TPSA) is 74.8 Å². The zero-order chi connectivity index (χ0) is 24.2. The van der Waals surface area contributed by atoms with E-state index < -0.39 is 11.5 Å². The standard InChI is InChI=1S/C28H31N3O4/c1-2-12-31(23-10-11-23)24-9-6-21-17-25(28(33)35-26(21)18-24)27(32)29-22-7-4-20(5-8-22)19-30-13-3-15-34-16-14-30/h4-9,17-19,23H,2-3,10-16H2,1H3/p+1. The Morgan fingerprint density at radius 2 is 1.94 bits per heavy atom. The first-order chi connectivity index (χ1) is 17.1. The Bertz CT molecular complexity index is 1280. The fourth-order valence-corrected chi connectivity index (χ4v) is 4.54. The van der Waals surface area contributed by atoms with E-state index in [1.54, 1.807) is 6.07 Å². The van der Waals surface area contributed by atoms with Crippen molar-refractivity contribution in [1.29, 1.82) is 0 Å². The molecule has 1 saturated heterocycles. The quantitative estimate of drug-likeness (QED) is 0.409. The van der Waals surface area contributed by atoms with Crippen LogP contribution in [-0.2, 0) is 4.74 Å². The lowest BCUT2D eigenvalue weighted by Crippen LogP contribution is -2.26. The third-order valence-corrected chi connectivity index (χ3v) is 6.51. The third-order valence-electron chi connectivity index (χ3n) is 6.51. The number of benzene rings is 2. The zero-order valence-electron chi connectivity index (χ0n) is 20.2. The lowest BCUT2D eigenvalue weighted by Gasteiger charge is -2.24. The highest BCUT2D eigenvalue weighted by Gasteiger charge is 2.29. The number of carbonyl (C=O) groups is 1. The van der Waals surface area contributed by atoms with Gasteiger partial charge in [0, 0.05) is 47.4 Å². The molecule has 1 N–H and O–H groups in total. The smallest absolute Gasteiger partial charge is 0.349 e. The van der Waals surface area contributed by atoms with Crippen molar-refractivity contribution >= 4 is 34.5 Å². The van der Waals surface area contributed by atoms with Gasteiger partial charge < -0.3 is 19.4 Å². The summed E-state index contributed by atoms with van der Waals surface area (Å²) in [5.41, 5.74) is 2.61. The van der Waals surface area contributed by atoms with Crippen molar-refractivity contribution < 1.29 is 18.5 Å². The summed E-state index contributed by atoms with van der Waals surface area (Å²) in [5.74, 6) is -0.475. The maximum atomic E-state index is 12.9. The van der Waals surface area contributed by atoms with Crippen LogP contribution < -0.4 is 15.8 Å². The number of nitrogens with one attached hydrogen (secondary N) is 1. The molecule has 1 aliphatic heterocycles. The summed E-state index contributed by atoms with van der Waals surface area (Å²) in [6.07, 6.45) is 6.58. The summed E-state index contributed by atoms with van der Waals surface area (Å²) in [6, 6.07) is 15.7. The Hall–Kier alpha value is -3.45. The van der Waals surface area contributed by atoms with Crippen LogP contribution in [0, 0.1) is 0 Å². The number of rotatable bonds is 7. The van der Waals surface area contributed by atoms with Crippen LogP contribution in [0.25, 0.3) is 11.0 Å². The van der Waals surface area contributed by atoms with Crippen molar-refractivity contribution in [3.05, 3.63) is 70.1 Å². The number of anilines is 2. The molecule has 7 nitrogen and oxygen atoms in total. The summed E-state index contributed by atoms with van der Waals surface area (Å²) < 4.78 is 13.3. The second-order valence-electron chi connectivity index (χ2n) is 9.30. The minimum absolute atomic E-state index is 0.00179. The number of amides is 1. The Morgan fingerprint density at radius 3 is 2.71 bits per heavy atom. The van der Waals surface area contributed by atoms with Crippen LogP contribution in [0.1, 0.15) is 48.5 Å². The average molecular weight is 475 g/mol. The van der Waals surface area contributed by atoms with E-state index in [1.807, 2.05) is 42.5 Å². The van der Waals surface area contributed by atoms with Crippen molar-refractivity contribution in [3.63, 3.8) is 0 Å². The van der Waals surface area contributed by atoms with Gasteiger partial charge >= 0.3 is 5.63 Å². The van der Waals surface area contributed by atoms with Gasteiger partial charge in [-0.25, -0.2) is 9.37 Å². The van der Waals surface area contributed by atoms with E-state index in [0.29, 0.717) is 17.3 Å². The molecule has 0 atom stereocenters. The van der Waals surface area contributed by atoms with Crippen LogP contribution >= 0.6 is 0 Å². The molecule has 182 valence electrons. The highest BCUT2D eigenvalue weighted by atomic mass is 16.5. The highest BCUT2D eigenvalue weighted by molar-refractivity contribution is 6.05. The Labute approximate surface area is 205 Å². The first-order valence-electron chi connectivity index (χ1n) is 12.5. The maximum Gasteiger partial charge on any atom is 0.349 e. The van der Waals surface area contributed by atoms with Crippen LogP contribution in [0.2, 0.25) is 0 Å². The minimum atomic E-state index is -0.631. The Morgan fingerprint density at radius 1 is 1.11 bits per heavy atom. The van der Waals surface area contributed by atoms with E-state index in [0.717, 1.165) is 62.3 Å². The fraction of sp³-hybridized carbons (Fsp3) is 0.393. The summed E-state index contributed by atoms with van der Waals surface area (Å²) in [6.45, 7) is 6.51. The second-order valence-corrected chi connectivity index (χ2v) is 9.30. The van der Waals surface area contributed by atoms with Crippen LogP contribution in [-0.4, -0.2) is 55.6 Å². The van der Waals surface area contributed by atoms with Gasteiger partial charge in [-0.3, -0.25) is 4.79 Å².